The van der Waals surface area contributed by atoms with Crippen LogP contribution in [-0.2, 0) is 0 Å². The number of hydrogen-bond donors (Lipinski definition) is 3. The molecule has 0 saturated carbocycles. The highest BCUT2D eigenvalue weighted by molar-refractivity contribution is 8.69. The van der Waals surface area contributed by atoms with Crippen LogP contribution in [-0.4, -0.2) is 4.99 Å². The summed E-state index contributed by atoms with van der Waals surface area (Å²) in [5.41, 5.74) is 10.8. The average molecular weight is 138 g/mol. The third-order valence-electron chi connectivity index (χ3n) is 0.723. The van der Waals surface area contributed by atoms with Gasteiger partial charge in [-0.2, -0.15) is 0 Å². The van der Waals surface area contributed by atoms with Gasteiger partial charge in [-0.3, -0.25) is 0 Å². The van der Waals surface area contributed by atoms with Gasteiger partial charge in [0.25, 0.3) is 0 Å². The summed E-state index contributed by atoms with van der Waals surface area (Å²) in [6.45, 7) is 1.92. The van der Waals surface area contributed by atoms with Crippen molar-refractivity contribution in [1.29, 1.82) is 0 Å². The Morgan fingerprint density at radius 2 is 2.14 bits per heavy atom. The molecule has 44 valence electrons. The zero-order valence-corrected chi connectivity index (χ0v) is 5.93. The second kappa shape index (κ2) is 2.81. The Kier molecular flexibility index (Phi) is 3.06. The Hall–Kier alpha value is 0.620. The summed E-state index contributed by atoms with van der Waals surface area (Å²) in [5, 5.41) is 0. The highest BCUT2D eigenvalue weighted by Crippen LogP contribution is 2.19. The van der Waals surface area contributed by atoms with Crippen LogP contribution in [0.25, 0.3) is 0 Å². The van der Waals surface area contributed by atoms with Gasteiger partial charge in [0.05, 0.1) is 0 Å². The lowest BCUT2D eigenvalue weighted by molar-refractivity contribution is 0.624. The highest BCUT2D eigenvalue weighted by atomic mass is 33.1. The van der Waals surface area contributed by atoms with Crippen LogP contribution in [0.5, 0.6) is 0 Å². The van der Waals surface area contributed by atoms with E-state index in [0.29, 0.717) is 0 Å². The summed E-state index contributed by atoms with van der Waals surface area (Å²) in [4.78, 5) is -0.636. The van der Waals surface area contributed by atoms with Crippen molar-refractivity contribution in [2.24, 2.45) is 11.5 Å². The molecule has 0 aliphatic carbocycles. The molecule has 0 saturated heterocycles. The van der Waals surface area contributed by atoms with E-state index in [1.54, 1.807) is 0 Å². The quantitative estimate of drug-likeness (QED) is 0.297. The van der Waals surface area contributed by atoms with Crippen molar-refractivity contribution in [3.63, 3.8) is 0 Å². The van der Waals surface area contributed by atoms with Gasteiger partial charge in [-0.1, -0.05) is 17.7 Å². The molecule has 0 atom stereocenters. The van der Waals surface area contributed by atoms with Gasteiger partial charge in [0.15, 0.2) is 0 Å². The molecule has 7 heavy (non-hydrogen) atoms. The van der Waals surface area contributed by atoms with Crippen molar-refractivity contribution in [3.05, 3.63) is 0 Å². The van der Waals surface area contributed by atoms with Gasteiger partial charge >= 0.3 is 0 Å². The van der Waals surface area contributed by atoms with E-state index in [-0.39, 0.29) is 0 Å². The first kappa shape index (κ1) is 7.62. The predicted octanol–water partition coefficient (Wildman–Crippen LogP) is 0.546. The van der Waals surface area contributed by atoms with Crippen LogP contribution in [0.4, 0.5) is 0 Å². The third-order valence-corrected chi connectivity index (χ3v) is 2.37. The SMILES string of the molecule is CCC(N)(N)SS. The van der Waals surface area contributed by atoms with Gasteiger partial charge in [0.1, 0.15) is 4.99 Å². The lowest BCUT2D eigenvalue weighted by Crippen LogP contribution is -2.43. The first-order valence-corrected chi connectivity index (χ1v) is 3.89. The standard InChI is InChI=1S/C3H10N2S2/c1-2-3(4,5)7-6/h6H,2,4-5H2,1H3. The van der Waals surface area contributed by atoms with Crippen molar-refractivity contribution in [1.82, 2.24) is 0 Å². The summed E-state index contributed by atoms with van der Waals surface area (Å²) < 4.78 is 0. The van der Waals surface area contributed by atoms with Crippen LogP contribution in [0.2, 0.25) is 0 Å². The van der Waals surface area contributed by atoms with Crippen LogP contribution in [0, 0.1) is 0 Å². The molecule has 0 bridgehead atoms. The predicted molar refractivity (Wildman–Crippen MR) is 38.0 cm³/mol. The average Bonchev–Trinajstić information content (AvgIpc) is 1.68. The molecule has 0 aliphatic rings. The van der Waals surface area contributed by atoms with Crippen LogP contribution >= 0.6 is 22.5 Å². The lowest BCUT2D eigenvalue weighted by atomic mass is 10.4. The Bertz CT molecular complexity index is 48.9. The maximum absolute atomic E-state index is 5.38. The molecule has 0 aromatic heterocycles. The van der Waals surface area contributed by atoms with Crippen LogP contribution in [0.15, 0.2) is 0 Å². The van der Waals surface area contributed by atoms with Gasteiger partial charge < -0.3 is 11.5 Å². The molecule has 0 aromatic carbocycles. The van der Waals surface area contributed by atoms with E-state index in [1.807, 2.05) is 6.92 Å². The third kappa shape index (κ3) is 3.22. The van der Waals surface area contributed by atoms with Gasteiger partial charge in [-0.15, -0.1) is 11.7 Å². The highest BCUT2D eigenvalue weighted by Gasteiger charge is 2.12. The molecule has 4 heteroatoms. The molecule has 0 spiro atoms. The van der Waals surface area contributed by atoms with Crippen LogP contribution in [0.3, 0.4) is 0 Å². The monoisotopic (exact) mass is 138 g/mol. The Labute approximate surface area is 52.8 Å². The summed E-state index contributed by atoms with van der Waals surface area (Å²) in [5.74, 6) is 0. The molecule has 0 heterocycles. The van der Waals surface area contributed by atoms with E-state index in [2.05, 4.69) is 11.7 Å². The van der Waals surface area contributed by atoms with Gasteiger partial charge in [0, 0.05) is 0 Å². The smallest absolute Gasteiger partial charge is 0.121 e. The summed E-state index contributed by atoms with van der Waals surface area (Å²) in [6, 6.07) is 0. The molecular weight excluding hydrogens is 128 g/mol. The molecule has 0 fully saturated rings. The normalized spacial score (nSPS) is 12.0. The number of hydrogen-bond acceptors (Lipinski definition) is 4. The Morgan fingerprint density at radius 1 is 1.71 bits per heavy atom. The summed E-state index contributed by atoms with van der Waals surface area (Å²) >= 11 is 3.85. The molecule has 0 unspecified atom stereocenters. The van der Waals surface area contributed by atoms with Crippen molar-refractivity contribution in [2.75, 3.05) is 0 Å². The van der Waals surface area contributed by atoms with Crippen molar-refractivity contribution < 1.29 is 0 Å². The second-order valence-electron chi connectivity index (χ2n) is 1.40. The zero-order chi connectivity index (χ0) is 5.91. The van der Waals surface area contributed by atoms with Crippen LogP contribution in [0.1, 0.15) is 13.3 Å². The first-order valence-electron chi connectivity index (χ1n) is 2.02. The largest absolute Gasteiger partial charge is 0.304 e. The zero-order valence-electron chi connectivity index (χ0n) is 4.22. The topological polar surface area (TPSA) is 52.0 Å². The molecule has 0 amide bonds. The van der Waals surface area contributed by atoms with Crippen LogP contribution < -0.4 is 11.5 Å². The van der Waals surface area contributed by atoms with E-state index in [9.17, 15) is 0 Å². The fraction of sp³-hybridized carbons (Fsp3) is 1.00. The molecule has 0 radical (unpaired) electrons. The number of rotatable bonds is 2. The van der Waals surface area contributed by atoms with E-state index >= 15 is 0 Å². The summed E-state index contributed by atoms with van der Waals surface area (Å²) in [7, 11) is 1.18. The van der Waals surface area contributed by atoms with E-state index in [0.717, 1.165) is 6.42 Å². The molecular formula is C3H10N2S2. The lowest BCUT2D eigenvalue weighted by Gasteiger charge is -2.16. The van der Waals surface area contributed by atoms with Crippen molar-refractivity contribution in [3.8, 4) is 0 Å². The number of thiol groups is 1. The summed E-state index contributed by atoms with van der Waals surface area (Å²) in [6.07, 6.45) is 0.737. The molecule has 0 aromatic rings. The fourth-order valence-electron chi connectivity index (χ4n) is 0.0645. The van der Waals surface area contributed by atoms with E-state index < -0.39 is 4.99 Å². The van der Waals surface area contributed by atoms with Crippen molar-refractivity contribution in [2.45, 2.75) is 18.3 Å². The molecule has 4 N–H and O–H groups in total. The van der Waals surface area contributed by atoms with Gasteiger partial charge in [-0.25, -0.2) is 0 Å². The Balaban J connectivity index is 3.36. The molecule has 2 nitrogen and oxygen atoms in total. The maximum Gasteiger partial charge on any atom is 0.121 e. The minimum Gasteiger partial charge on any atom is -0.304 e. The minimum absolute atomic E-state index is 0.636. The van der Waals surface area contributed by atoms with Gasteiger partial charge in [-0.05, 0) is 6.42 Å². The first-order chi connectivity index (χ1) is 3.12. The maximum atomic E-state index is 5.38. The second-order valence-corrected chi connectivity index (χ2v) is 2.89. The van der Waals surface area contributed by atoms with E-state index in [4.69, 9.17) is 11.5 Å². The minimum atomic E-state index is -0.636. The van der Waals surface area contributed by atoms with Gasteiger partial charge in [0.2, 0.25) is 0 Å². The number of nitrogens with two attached hydrogens (primary N) is 2. The molecule has 0 rings (SSSR count). The fourth-order valence-corrected chi connectivity index (χ4v) is 0.581. The Morgan fingerprint density at radius 3 is 2.14 bits per heavy atom. The molecule has 0 aliphatic heterocycles. The van der Waals surface area contributed by atoms with E-state index in [1.165, 1.54) is 10.8 Å². The van der Waals surface area contributed by atoms with Crippen molar-refractivity contribution >= 4 is 22.5 Å².